The van der Waals surface area contributed by atoms with Crippen molar-refractivity contribution in [1.82, 2.24) is 0 Å². The molecule has 0 heterocycles. The monoisotopic (exact) mass is 688 g/mol. The van der Waals surface area contributed by atoms with Crippen LogP contribution in [0.1, 0.15) is 0 Å². The smallest absolute Gasteiger partial charge is 0.485 e. The molecule has 0 aromatic heterocycles. The van der Waals surface area contributed by atoms with E-state index >= 15 is 0 Å². The molecular formula is C3AmF9O9S3-3. The van der Waals surface area contributed by atoms with E-state index in [0.717, 1.165) is 0 Å². The molecule has 0 saturated heterocycles. The van der Waals surface area contributed by atoms with Gasteiger partial charge >= 0.3 is 16.5 Å². The van der Waals surface area contributed by atoms with Gasteiger partial charge in [-0.2, -0.15) is 39.5 Å². The first-order chi connectivity index (χ1) is 9.75. The van der Waals surface area contributed by atoms with Crippen LogP contribution in [0.4, 0.5) is 39.5 Å². The van der Waals surface area contributed by atoms with Gasteiger partial charge in [-0.25, -0.2) is 25.3 Å². The van der Waals surface area contributed by atoms with E-state index in [-0.39, 0.29) is 14.3 Å². The summed E-state index contributed by atoms with van der Waals surface area (Å²) >= 11 is 0. The van der Waals surface area contributed by atoms with E-state index in [2.05, 4.69) is 0 Å². The van der Waals surface area contributed by atoms with Gasteiger partial charge in [-0.15, -0.1) is 0 Å². The van der Waals surface area contributed by atoms with Crippen LogP contribution >= 0.6 is 0 Å². The van der Waals surface area contributed by atoms with Gasteiger partial charge < -0.3 is 13.7 Å². The van der Waals surface area contributed by atoms with E-state index in [1.807, 2.05) is 0 Å². The minimum absolute atomic E-state index is 0. The van der Waals surface area contributed by atoms with Crippen molar-refractivity contribution in [3.8, 4) is 0 Å². The Morgan fingerprint density at radius 1 is 0.440 bits per heavy atom. The first-order valence-corrected chi connectivity index (χ1v) is 8.04. The average molecular weight is 690 g/mol. The molecule has 0 atom stereocenters. The third kappa shape index (κ3) is 15.5. The Balaban J connectivity index is -0.000000130. The molecule has 22 heteroatoms. The zero-order chi connectivity index (χ0) is 21.0. The molecule has 0 aliphatic carbocycles. The van der Waals surface area contributed by atoms with Gasteiger partial charge in [0.1, 0.15) is 0 Å². The Bertz CT molecular complexity index is 596. The third-order valence-electron chi connectivity index (χ3n) is 0.850. The van der Waals surface area contributed by atoms with Crippen molar-refractivity contribution in [2.24, 2.45) is 0 Å². The van der Waals surface area contributed by atoms with Gasteiger partial charge in [-0.3, -0.25) is 0 Å². The molecule has 9 nitrogen and oxygen atoms in total. The Labute approximate surface area is 140 Å². The van der Waals surface area contributed by atoms with E-state index < -0.39 is 46.9 Å². The normalized spacial score (nSPS) is 13.4. The van der Waals surface area contributed by atoms with Crippen LogP contribution in [0.25, 0.3) is 0 Å². The van der Waals surface area contributed by atoms with Crippen molar-refractivity contribution in [2.45, 2.75) is 16.5 Å². The molecule has 0 aromatic rings. The molecule has 0 unspecified atom stereocenters. The molecule has 0 aliphatic rings. The average Bonchev–Trinajstić information content (AvgIpc) is 2.08. The molecule has 0 aromatic carbocycles. The zero-order valence-electron chi connectivity index (χ0n) is 10.2. The second kappa shape index (κ2) is 9.43. The molecule has 1 radical (unpaired) electrons. The van der Waals surface area contributed by atoms with E-state index in [0.29, 0.717) is 0 Å². The van der Waals surface area contributed by atoms with E-state index in [1.54, 1.807) is 0 Å². The third-order valence-corrected chi connectivity index (χ3v) is 2.55. The maximum Gasteiger partial charge on any atom is 0.485 e. The van der Waals surface area contributed by atoms with Gasteiger partial charge in [0.2, 0.25) is 0 Å². The second-order valence-corrected chi connectivity index (χ2v) is 6.81. The molecule has 0 saturated carbocycles. The molecular weight excluding hydrogens is 690 g/mol. The summed E-state index contributed by atoms with van der Waals surface area (Å²) in [4.78, 5) is 0. The van der Waals surface area contributed by atoms with Gasteiger partial charge in [0, 0.05) is 14.3 Å². The summed E-state index contributed by atoms with van der Waals surface area (Å²) in [6, 6.07) is 0. The first kappa shape index (κ1) is 32.2. The minimum atomic E-state index is -6.09. The van der Waals surface area contributed by atoms with Crippen LogP contribution in [-0.4, -0.2) is 55.4 Å². The Morgan fingerprint density at radius 2 is 0.480 bits per heavy atom. The van der Waals surface area contributed by atoms with Crippen LogP contribution in [0.2, 0.25) is 0 Å². The Morgan fingerprint density at radius 3 is 0.480 bits per heavy atom. The van der Waals surface area contributed by atoms with E-state index in [1.165, 1.54) is 0 Å². The summed E-state index contributed by atoms with van der Waals surface area (Å²) in [5.41, 5.74) is -16.9. The fourth-order valence-corrected chi connectivity index (χ4v) is 0. The number of rotatable bonds is 0. The first-order valence-electron chi connectivity index (χ1n) is 3.81. The van der Waals surface area contributed by atoms with Crippen LogP contribution in [0.3, 0.4) is 0 Å². The standard InChI is InChI=1S/3CHF3O3S.Am/c3*2-1(3,4)8(5,6)7;/h3*(H,5,6,7);/p-3. The number of hydrogen-bond acceptors (Lipinski definition) is 9. The molecule has 0 spiro atoms. The summed E-state index contributed by atoms with van der Waals surface area (Å²) < 4.78 is 177. The van der Waals surface area contributed by atoms with Crippen molar-refractivity contribution in [1.29, 1.82) is 0 Å². The van der Waals surface area contributed by atoms with Crippen molar-refractivity contribution in [3.05, 3.63) is 0 Å². The van der Waals surface area contributed by atoms with Crippen LogP contribution in [-0.2, 0) is 30.4 Å². The topological polar surface area (TPSA) is 172 Å². The molecule has 0 bridgehead atoms. The van der Waals surface area contributed by atoms with Crippen LogP contribution in [0, 0.1) is 14.3 Å². The van der Waals surface area contributed by atoms with Crippen molar-refractivity contribution in [3.63, 3.8) is 0 Å². The van der Waals surface area contributed by atoms with Crippen LogP contribution in [0.15, 0.2) is 0 Å². The van der Waals surface area contributed by atoms with Gasteiger partial charge in [0.15, 0.2) is 30.4 Å². The largest absolute Gasteiger partial charge is 0.741 e. The molecule has 0 amide bonds. The van der Waals surface area contributed by atoms with E-state index in [4.69, 9.17) is 38.9 Å². The summed E-state index contributed by atoms with van der Waals surface area (Å²) in [5.74, 6) is 0. The summed E-state index contributed by atoms with van der Waals surface area (Å²) in [6.07, 6.45) is 0. The summed E-state index contributed by atoms with van der Waals surface area (Å²) in [6.45, 7) is 0. The maximum atomic E-state index is 10.7. The Hall–Kier alpha value is -0.510. The van der Waals surface area contributed by atoms with Gasteiger partial charge in [-0.1, -0.05) is 0 Å². The number of halogens is 9. The SMILES string of the molecule is O=S(=O)([O-])C(F)(F)F.O=S(=O)([O-])C(F)(F)F.O=S(=O)([O-])C(F)(F)F.[Am]. The van der Waals surface area contributed by atoms with Crippen molar-refractivity contribution in [2.75, 3.05) is 0 Å². The van der Waals surface area contributed by atoms with Crippen molar-refractivity contribution < 1.29 is 92.7 Å². The molecule has 25 heavy (non-hydrogen) atoms. The maximum absolute atomic E-state index is 10.7. The quantitative estimate of drug-likeness (QED) is 0.195. The molecule has 0 aliphatic heterocycles. The summed E-state index contributed by atoms with van der Waals surface area (Å²) in [7, 11) is -18.3. The fraction of sp³-hybridized carbons (Fsp3) is 1.00. The van der Waals surface area contributed by atoms with Crippen LogP contribution < -0.4 is 0 Å². The van der Waals surface area contributed by atoms with Gasteiger partial charge in [0.05, 0.1) is 0 Å². The minimum Gasteiger partial charge on any atom is -0.741 e. The summed E-state index contributed by atoms with van der Waals surface area (Å²) in [5, 5.41) is 0. The molecule has 0 rings (SSSR count). The predicted octanol–water partition coefficient (Wildman–Crippen LogP) is 0.154. The number of hydrogen-bond donors (Lipinski definition) is 0. The van der Waals surface area contributed by atoms with Crippen LogP contribution in [0.5, 0.6) is 0 Å². The zero-order valence-corrected chi connectivity index (χ0v) is 15.8. The fourth-order valence-electron chi connectivity index (χ4n) is 0. The number of alkyl halides is 9. The van der Waals surface area contributed by atoms with Gasteiger partial charge in [-0.05, 0) is 0 Å². The second-order valence-electron chi connectivity index (χ2n) is 2.70. The molecule has 0 fully saturated rings. The van der Waals surface area contributed by atoms with Gasteiger partial charge in [0.25, 0.3) is 0 Å². The predicted molar refractivity (Wildman–Crippen MR) is 47.3 cm³/mol. The Kier molecular flexibility index (Phi) is 12.1. The van der Waals surface area contributed by atoms with E-state index in [9.17, 15) is 39.5 Å². The molecule has 0 N–H and O–H groups in total. The van der Waals surface area contributed by atoms with Crippen molar-refractivity contribution >= 4 is 30.4 Å². The molecule has 157 valence electrons.